The molecular weight excluding hydrogens is 388 g/mol. The lowest BCUT2D eigenvalue weighted by Gasteiger charge is -2.16. The fourth-order valence-corrected chi connectivity index (χ4v) is 1.76. The van der Waals surface area contributed by atoms with Crippen LogP contribution in [0.15, 0.2) is 29.3 Å². The highest BCUT2D eigenvalue weighted by Gasteiger charge is 2.10. The van der Waals surface area contributed by atoms with Gasteiger partial charge in [-0.3, -0.25) is 4.99 Å². The fourth-order valence-electron chi connectivity index (χ4n) is 1.76. The van der Waals surface area contributed by atoms with Crippen molar-refractivity contribution < 1.29 is 13.9 Å². The van der Waals surface area contributed by atoms with Gasteiger partial charge in [-0.05, 0) is 24.6 Å². The molecular formula is C14H23FIN3O2. The van der Waals surface area contributed by atoms with Crippen LogP contribution in [-0.2, 0) is 9.47 Å². The molecule has 7 heteroatoms. The van der Waals surface area contributed by atoms with Crippen molar-refractivity contribution in [3.63, 3.8) is 0 Å². The van der Waals surface area contributed by atoms with E-state index in [1.807, 2.05) is 6.92 Å². The average molecular weight is 411 g/mol. The van der Waals surface area contributed by atoms with Gasteiger partial charge in [-0.1, -0.05) is 12.1 Å². The van der Waals surface area contributed by atoms with Gasteiger partial charge in [-0.2, -0.15) is 0 Å². The molecule has 0 fully saturated rings. The minimum absolute atomic E-state index is 0. The SMILES string of the molecule is COCC(C)NC(N)=NCC(OC)c1ccc(F)cc1.I. The lowest BCUT2D eigenvalue weighted by atomic mass is 10.1. The monoisotopic (exact) mass is 411 g/mol. The third-order valence-corrected chi connectivity index (χ3v) is 2.76. The van der Waals surface area contributed by atoms with Gasteiger partial charge in [-0.15, -0.1) is 24.0 Å². The predicted molar refractivity (Wildman–Crippen MR) is 92.5 cm³/mol. The Hall–Kier alpha value is -0.930. The molecule has 0 aromatic heterocycles. The molecule has 0 heterocycles. The molecule has 5 nitrogen and oxygen atoms in total. The maximum absolute atomic E-state index is 12.9. The van der Waals surface area contributed by atoms with Crippen LogP contribution in [-0.4, -0.2) is 39.4 Å². The van der Waals surface area contributed by atoms with Crippen molar-refractivity contribution >= 4 is 29.9 Å². The smallest absolute Gasteiger partial charge is 0.188 e. The quantitative estimate of drug-likeness (QED) is 0.410. The van der Waals surface area contributed by atoms with Gasteiger partial charge in [0.05, 0.1) is 13.2 Å². The van der Waals surface area contributed by atoms with Gasteiger partial charge in [-0.25, -0.2) is 4.39 Å². The molecule has 0 aliphatic rings. The van der Waals surface area contributed by atoms with Crippen LogP contribution in [0, 0.1) is 5.82 Å². The normalized spacial score (nSPS) is 14.2. The van der Waals surface area contributed by atoms with Crippen molar-refractivity contribution in [2.45, 2.75) is 19.1 Å². The third kappa shape index (κ3) is 7.58. The van der Waals surface area contributed by atoms with E-state index in [1.165, 1.54) is 12.1 Å². The van der Waals surface area contributed by atoms with E-state index >= 15 is 0 Å². The van der Waals surface area contributed by atoms with E-state index in [0.717, 1.165) is 5.56 Å². The van der Waals surface area contributed by atoms with Crippen molar-refractivity contribution in [1.29, 1.82) is 0 Å². The van der Waals surface area contributed by atoms with Crippen LogP contribution in [0.25, 0.3) is 0 Å². The van der Waals surface area contributed by atoms with Crippen molar-refractivity contribution in [3.8, 4) is 0 Å². The van der Waals surface area contributed by atoms with Crippen LogP contribution in [0.3, 0.4) is 0 Å². The highest BCUT2D eigenvalue weighted by atomic mass is 127. The number of aliphatic imine (C=N–C) groups is 1. The molecule has 0 radical (unpaired) electrons. The molecule has 0 bridgehead atoms. The summed E-state index contributed by atoms with van der Waals surface area (Å²) in [5.74, 6) is 0.0559. The molecule has 0 spiro atoms. The largest absolute Gasteiger partial charge is 0.383 e. The second-order valence-electron chi connectivity index (χ2n) is 4.50. The fraction of sp³-hybridized carbons (Fsp3) is 0.500. The van der Waals surface area contributed by atoms with E-state index in [0.29, 0.717) is 19.1 Å². The number of nitrogens with zero attached hydrogens (tertiary/aromatic N) is 1. The summed E-state index contributed by atoms with van der Waals surface area (Å²) in [5.41, 5.74) is 6.63. The molecule has 0 saturated carbocycles. The number of rotatable bonds is 7. The molecule has 2 atom stereocenters. The second-order valence-corrected chi connectivity index (χ2v) is 4.50. The number of guanidine groups is 1. The number of ether oxygens (including phenoxy) is 2. The molecule has 2 unspecified atom stereocenters. The molecule has 0 amide bonds. The standard InChI is InChI=1S/C14H22FN3O2.HI/c1-10(9-19-2)18-14(16)17-8-13(20-3)11-4-6-12(15)7-5-11;/h4-7,10,13H,8-9H2,1-3H3,(H3,16,17,18);1H. The molecule has 21 heavy (non-hydrogen) atoms. The Bertz CT molecular complexity index is 429. The minimum atomic E-state index is -0.276. The van der Waals surface area contributed by atoms with E-state index < -0.39 is 0 Å². The highest BCUT2D eigenvalue weighted by Crippen LogP contribution is 2.17. The number of hydrogen-bond acceptors (Lipinski definition) is 3. The molecule has 0 saturated heterocycles. The number of methoxy groups -OCH3 is 2. The Morgan fingerprint density at radius 3 is 2.48 bits per heavy atom. The Balaban J connectivity index is 0.00000400. The van der Waals surface area contributed by atoms with Crippen molar-refractivity contribution in [1.82, 2.24) is 5.32 Å². The summed E-state index contributed by atoms with van der Waals surface area (Å²) in [6, 6.07) is 6.23. The lowest BCUT2D eigenvalue weighted by Crippen LogP contribution is -2.40. The van der Waals surface area contributed by atoms with Gasteiger partial charge in [0.1, 0.15) is 11.9 Å². The Labute approximate surface area is 142 Å². The Morgan fingerprint density at radius 2 is 1.95 bits per heavy atom. The van der Waals surface area contributed by atoms with E-state index in [2.05, 4.69) is 10.3 Å². The van der Waals surface area contributed by atoms with Crippen LogP contribution >= 0.6 is 24.0 Å². The van der Waals surface area contributed by atoms with Crippen LogP contribution in [0.5, 0.6) is 0 Å². The number of hydrogen-bond donors (Lipinski definition) is 2. The first kappa shape index (κ1) is 20.1. The molecule has 1 rings (SSSR count). The van der Waals surface area contributed by atoms with E-state index in [9.17, 15) is 4.39 Å². The minimum Gasteiger partial charge on any atom is -0.383 e. The van der Waals surface area contributed by atoms with E-state index in [4.69, 9.17) is 15.2 Å². The lowest BCUT2D eigenvalue weighted by molar-refractivity contribution is 0.111. The number of halogens is 2. The molecule has 3 N–H and O–H groups in total. The average Bonchev–Trinajstić information content (AvgIpc) is 2.41. The molecule has 120 valence electrons. The van der Waals surface area contributed by atoms with Crippen LogP contribution in [0.1, 0.15) is 18.6 Å². The van der Waals surface area contributed by atoms with Crippen LogP contribution < -0.4 is 11.1 Å². The van der Waals surface area contributed by atoms with Crippen LogP contribution in [0.2, 0.25) is 0 Å². The summed E-state index contributed by atoms with van der Waals surface area (Å²) in [6.07, 6.45) is -0.256. The van der Waals surface area contributed by atoms with Gasteiger partial charge < -0.3 is 20.5 Å². The van der Waals surface area contributed by atoms with Gasteiger partial charge >= 0.3 is 0 Å². The van der Waals surface area contributed by atoms with Gasteiger partial charge in [0.25, 0.3) is 0 Å². The summed E-state index contributed by atoms with van der Waals surface area (Å²) >= 11 is 0. The zero-order chi connectivity index (χ0) is 15.0. The molecule has 1 aromatic rings. The number of benzene rings is 1. The highest BCUT2D eigenvalue weighted by molar-refractivity contribution is 14.0. The summed E-state index contributed by atoms with van der Waals surface area (Å²) in [5, 5.41) is 3.01. The summed E-state index contributed by atoms with van der Waals surface area (Å²) < 4.78 is 23.2. The molecule has 0 aliphatic carbocycles. The molecule has 1 aromatic carbocycles. The zero-order valence-corrected chi connectivity index (χ0v) is 14.8. The first-order valence-corrected chi connectivity index (χ1v) is 6.40. The van der Waals surface area contributed by atoms with Crippen LogP contribution in [0.4, 0.5) is 4.39 Å². The second kappa shape index (κ2) is 10.7. The first-order valence-electron chi connectivity index (χ1n) is 6.40. The van der Waals surface area contributed by atoms with E-state index in [-0.39, 0.29) is 41.9 Å². The molecule has 0 aliphatic heterocycles. The van der Waals surface area contributed by atoms with Gasteiger partial charge in [0, 0.05) is 20.3 Å². The maximum atomic E-state index is 12.9. The van der Waals surface area contributed by atoms with E-state index in [1.54, 1.807) is 26.4 Å². The van der Waals surface area contributed by atoms with Crippen molar-refractivity contribution in [3.05, 3.63) is 35.6 Å². The summed E-state index contributed by atoms with van der Waals surface area (Å²) in [6.45, 7) is 2.85. The van der Waals surface area contributed by atoms with Crippen molar-refractivity contribution in [2.24, 2.45) is 10.7 Å². The summed E-state index contributed by atoms with van der Waals surface area (Å²) in [4.78, 5) is 4.23. The maximum Gasteiger partial charge on any atom is 0.188 e. The van der Waals surface area contributed by atoms with Gasteiger partial charge in [0.15, 0.2) is 5.96 Å². The van der Waals surface area contributed by atoms with Gasteiger partial charge in [0.2, 0.25) is 0 Å². The predicted octanol–water partition coefficient (Wildman–Crippen LogP) is 2.07. The third-order valence-electron chi connectivity index (χ3n) is 2.76. The summed E-state index contributed by atoms with van der Waals surface area (Å²) in [7, 11) is 3.21. The first-order chi connectivity index (χ1) is 9.56. The van der Waals surface area contributed by atoms with Crippen molar-refractivity contribution in [2.75, 3.05) is 27.4 Å². The number of nitrogens with one attached hydrogen (secondary N) is 1. The zero-order valence-electron chi connectivity index (χ0n) is 12.5. The Kier molecular flexibility index (Phi) is 10.3. The topological polar surface area (TPSA) is 68.9 Å². The number of nitrogens with two attached hydrogens (primary N) is 1. The Morgan fingerprint density at radius 1 is 1.33 bits per heavy atom.